The third kappa shape index (κ3) is 4.19. The van der Waals surface area contributed by atoms with Crippen LogP contribution in [0, 0.1) is 5.92 Å². The number of nitrogens with zero attached hydrogens (tertiary/aromatic N) is 4. The van der Waals surface area contributed by atoms with Gasteiger partial charge in [0.1, 0.15) is 0 Å². The maximum atomic E-state index is 12.3. The van der Waals surface area contributed by atoms with E-state index in [2.05, 4.69) is 43.7 Å². The van der Waals surface area contributed by atoms with E-state index in [-0.39, 0.29) is 17.7 Å². The molecule has 0 radical (unpaired) electrons. The predicted octanol–water partition coefficient (Wildman–Crippen LogP) is 1.22. The van der Waals surface area contributed by atoms with Gasteiger partial charge in [-0.3, -0.25) is 24.5 Å². The first-order valence-corrected chi connectivity index (χ1v) is 11.6. The molecule has 3 fully saturated rings. The Morgan fingerprint density at radius 3 is 2.58 bits per heavy atom. The van der Waals surface area contributed by atoms with Crippen molar-refractivity contribution in [1.82, 2.24) is 25.3 Å². The van der Waals surface area contributed by atoms with E-state index in [1.807, 2.05) is 11.7 Å². The molecule has 2 amide bonds. The first kappa shape index (κ1) is 20.5. The Hall–Kier alpha value is -2.45. The Labute approximate surface area is 182 Å². The molecule has 1 aromatic heterocycles. The van der Waals surface area contributed by atoms with Gasteiger partial charge in [-0.15, -0.1) is 0 Å². The summed E-state index contributed by atoms with van der Waals surface area (Å²) in [7, 11) is 1.93. The van der Waals surface area contributed by atoms with Crippen molar-refractivity contribution in [2.75, 3.05) is 50.7 Å². The van der Waals surface area contributed by atoms with Crippen molar-refractivity contribution in [3.8, 4) is 0 Å². The Kier molecular flexibility index (Phi) is 5.67. The van der Waals surface area contributed by atoms with Gasteiger partial charge in [0.05, 0.1) is 17.1 Å². The van der Waals surface area contributed by atoms with Crippen LogP contribution in [-0.2, 0) is 16.6 Å². The third-order valence-electron chi connectivity index (χ3n) is 7.15. The Balaban J connectivity index is 1.28. The Morgan fingerprint density at radius 2 is 1.84 bits per heavy atom. The fourth-order valence-electron chi connectivity index (χ4n) is 5.30. The molecule has 0 saturated carbocycles. The first-order chi connectivity index (χ1) is 15.1. The number of hydrogen-bond acceptors (Lipinski definition) is 6. The smallest absolute Gasteiger partial charge is 0.235 e. The van der Waals surface area contributed by atoms with Crippen LogP contribution in [0.3, 0.4) is 0 Å². The number of nitrogens with one attached hydrogen (secondary N) is 2. The molecule has 1 aromatic carbocycles. The molecule has 3 saturated heterocycles. The highest BCUT2D eigenvalue weighted by molar-refractivity contribution is 6.02. The molecule has 8 nitrogen and oxygen atoms in total. The van der Waals surface area contributed by atoms with E-state index in [9.17, 15) is 9.59 Å². The molecule has 2 N–H and O–H groups in total. The van der Waals surface area contributed by atoms with Crippen LogP contribution in [0.4, 0.5) is 5.69 Å². The molecule has 4 heterocycles. The zero-order valence-corrected chi connectivity index (χ0v) is 18.3. The van der Waals surface area contributed by atoms with E-state index >= 15 is 0 Å². The molecule has 31 heavy (non-hydrogen) atoms. The number of aryl methyl sites for hydroxylation is 1. The monoisotopic (exact) mass is 424 g/mol. The average Bonchev–Trinajstić information content (AvgIpc) is 3.11. The zero-order valence-electron chi connectivity index (χ0n) is 18.3. The van der Waals surface area contributed by atoms with Crippen LogP contribution in [0.1, 0.15) is 37.3 Å². The van der Waals surface area contributed by atoms with Gasteiger partial charge in [0.15, 0.2) is 0 Å². The summed E-state index contributed by atoms with van der Waals surface area (Å²) in [6.45, 7) is 7.84. The van der Waals surface area contributed by atoms with Gasteiger partial charge in [0.25, 0.3) is 0 Å². The molecule has 0 aliphatic carbocycles. The number of carbonyl (C=O) groups is 2. The second-order valence-corrected chi connectivity index (χ2v) is 9.20. The maximum Gasteiger partial charge on any atom is 0.235 e. The van der Waals surface area contributed by atoms with Gasteiger partial charge >= 0.3 is 0 Å². The van der Waals surface area contributed by atoms with Crippen molar-refractivity contribution >= 4 is 28.4 Å². The lowest BCUT2D eigenvalue weighted by molar-refractivity contribution is -0.134. The minimum atomic E-state index is -0.356. The number of carbonyl (C=O) groups excluding carboxylic acids is 2. The van der Waals surface area contributed by atoms with Crippen LogP contribution in [0.25, 0.3) is 10.9 Å². The van der Waals surface area contributed by atoms with E-state index in [1.54, 1.807) is 0 Å². The van der Waals surface area contributed by atoms with E-state index < -0.39 is 0 Å². The number of fused-ring (bicyclic) bond motifs is 1. The molecule has 0 spiro atoms. The number of benzene rings is 1. The van der Waals surface area contributed by atoms with Crippen LogP contribution in [0.2, 0.25) is 0 Å². The van der Waals surface area contributed by atoms with Gasteiger partial charge in [-0.25, -0.2) is 0 Å². The van der Waals surface area contributed by atoms with Gasteiger partial charge < -0.3 is 10.2 Å². The summed E-state index contributed by atoms with van der Waals surface area (Å²) in [6, 6.07) is 6.44. The molecule has 2 aromatic rings. The SMILES string of the molecule is Cn1nc(C2CCC(=O)NC2=O)c2ccc(N3CCN(CC4CCNCC4)CC3)cc21. The number of piperidine rings is 2. The number of imide groups is 1. The topological polar surface area (TPSA) is 82.5 Å². The van der Waals surface area contributed by atoms with Crippen molar-refractivity contribution in [3.63, 3.8) is 0 Å². The van der Waals surface area contributed by atoms with E-state index in [0.29, 0.717) is 12.8 Å². The Morgan fingerprint density at radius 1 is 1.06 bits per heavy atom. The lowest BCUT2D eigenvalue weighted by Gasteiger charge is -2.38. The fourth-order valence-corrected chi connectivity index (χ4v) is 5.30. The van der Waals surface area contributed by atoms with Crippen molar-refractivity contribution in [2.24, 2.45) is 13.0 Å². The summed E-state index contributed by atoms with van der Waals surface area (Å²) in [5.74, 6) is 0.0586. The van der Waals surface area contributed by atoms with Crippen molar-refractivity contribution < 1.29 is 9.59 Å². The fraction of sp³-hybridized carbons (Fsp3) is 0.609. The van der Waals surface area contributed by atoms with Gasteiger partial charge in [-0.05, 0) is 56.5 Å². The van der Waals surface area contributed by atoms with Crippen molar-refractivity contribution in [3.05, 3.63) is 23.9 Å². The van der Waals surface area contributed by atoms with E-state index in [1.165, 1.54) is 25.1 Å². The first-order valence-electron chi connectivity index (χ1n) is 11.6. The normalized spacial score (nSPS) is 24.0. The quantitative estimate of drug-likeness (QED) is 0.718. The number of rotatable bonds is 4. The van der Waals surface area contributed by atoms with Gasteiger partial charge in [0, 0.05) is 57.3 Å². The number of piperazine rings is 1. The predicted molar refractivity (Wildman–Crippen MR) is 120 cm³/mol. The standard InChI is InChI=1S/C23H32N6O2/c1-27-20-14-17(29-12-10-28(11-13-29)15-16-6-8-24-9-7-16)2-3-18(20)22(26-27)19-4-5-21(30)25-23(19)31/h2-3,14,16,19,24H,4-13,15H2,1H3,(H,25,30,31). The summed E-state index contributed by atoms with van der Waals surface area (Å²) in [5, 5.41) is 11.6. The summed E-state index contributed by atoms with van der Waals surface area (Å²) in [4.78, 5) is 28.9. The number of amides is 2. The van der Waals surface area contributed by atoms with E-state index in [4.69, 9.17) is 0 Å². The lowest BCUT2D eigenvalue weighted by Crippen LogP contribution is -2.48. The summed E-state index contributed by atoms with van der Waals surface area (Å²) >= 11 is 0. The van der Waals surface area contributed by atoms with Crippen LogP contribution >= 0.6 is 0 Å². The molecule has 3 aliphatic heterocycles. The van der Waals surface area contributed by atoms with E-state index in [0.717, 1.165) is 61.8 Å². The molecule has 1 unspecified atom stereocenters. The second kappa shape index (κ2) is 8.59. The summed E-state index contributed by atoms with van der Waals surface area (Å²) < 4.78 is 1.87. The Bertz CT molecular complexity index is 972. The van der Waals surface area contributed by atoms with Gasteiger partial charge in [0.2, 0.25) is 11.8 Å². The van der Waals surface area contributed by atoms with Gasteiger partial charge in [-0.2, -0.15) is 5.10 Å². The minimum Gasteiger partial charge on any atom is -0.369 e. The molecule has 166 valence electrons. The second-order valence-electron chi connectivity index (χ2n) is 9.20. The van der Waals surface area contributed by atoms with Crippen LogP contribution in [0.5, 0.6) is 0 Å². The zero-order chi connectivity index (χ0) is 21.4. The maximum absolute atomic E-state index is 12.3. The highest BCUT2D eigenvalue weighted by Gasteiger charge is 2.32. The molecule has 1 atom stereocenters. The molecule has 8 heteroatoms. The van der Waals surface area contributed by atoms with Crippen molar-refractivity contribution in [1.29, 1.82) is 0 Å². The minimum absolute atomic E-state index is 0.192. The highest BCUT2D eigenvalue weighted by Crippen LogP contribution is 2.32. The highest BCUT2D eigenvalue weighted by atomic mass is 16.2. The third-order valence-corrected chi connectivity index (χ3v) is 7.15. The number of anilines is 1. The number of aromatic nitrogens is 2. The average molecular weight is 425 g/mol. The number of hydrogen-bond donors (Lipinski definition) is 2. The van der Waals surface area contributed by atoms with Crippen LogP contribution in [0.15, 0.2) is 18.2 Å². The molecule has 0 bridgehead atoms. The molecule has 5 rings (SSSR count). The lowest BCUT2D eigenvalue weighted by atomic mass is 9.93. The van der Waals surface area contributed by atoms with Crippen LogP contribution < -0.4 is 15.5 Å². The summed E-state index contributed by atoms with van der Waals surface area (Å²) in [6.07, 6.45) is 3.49. The summed E-state index contributed by atoms with van der Waals surface area (Å²) in [5.41, 5.74) is 3.03. The van der Waals surface area contributed by atoms with Gasteiger partial charge in [-0.1, -0.05) is 0 Å². The largest absolute Gasteiger partial charge is 0.369 e. The van der Waals surface area contributed by atoms with Crippen LogP contribution in [-0.4, -0.2) is 72.3 Å². The molecular weight excluding hydrogens is 392 g/mol. The molecule has 3 aliphatic rings. The van der Waals surface area contributed by atoms with Crippen molar-refractivity contribution in [2.45, 2.75) is 31.6 Å². The molecular formula is C23H32N6O2.